The van der Waals surface area contributed by atoms with Gasteiger partial charge < -0.3 is 9.52 Å². The lowest BCUT2D eigenvalue weighted by Crippen LogP contribution is -2.08. The van der Waals surface area contributed by atoms with Gasteiger partial charge in [0.25, 0.3) is 0 Å². The minimum atomic E-state index is -0.489. The third-order valence-electron chi connectivity index (χ3n) is 2.80. The lowest BCUT2D eigenvalue weighted by Gasteiger charge is -2.09. The number of rotatable bonds is 4. The monoisotopic (exact) mass is 253 g/mol. The number of fused-ring (bicyclic) bond motifs is 1. The molecule has 17 heavy (non-hydrogen) atoms. The summed E-state index contributed by atoms with van der Waals surface area (Å²) in [5, 5.41) is 9.98. The van der Waals surface area contributed by atoms with Gasteiger partial charge in [-0.15, -0.1) is 0 Å². The minimum Gasteiger partial charge on any atom is -0.408 e. The molecule has 1 heterocycles. The van der Waals surface area contributed by atoms with Crippen LogP contribution in [0.1, 0.15) is 18.1 Å². The molecular weight excluding hydrogens is 238 g/mol. The predicted octanol–water partition coefficient (Wildman–Crippen LogP) is 1.92. The summed E-state index contributed by atoms with van der Waals surface area (Å²) >= 11 is 1.70. The van der Waals surface area contributed by atoms with Crippen LogP contribution in [0.25, 0.3) is 11.1 Å². The zero-order valence-electron chi connectivity index (χ0n) is 9.84. The zero-order chi connectivity index (χ0) is 12.4. The molecule has 0 radical (unpaired) electrons. The van der Waals surface area contributed by atoms with Gasteiger partial charge in [0.2, 0.25) is 0 Å². The Morgan fingerprint density at radius 2 is 2.29 bits per heavy atom. The van der Waals surface area contributed by atoms with Gasteiger partial charge in [-0.1, -0.05) is 6.07 Å². The van der Waals surface area contributed by atoms with Crippen molar-refractivity contribution < 1.29 is 9.52 Å². The van der Waals surface area contributed by atoms with Crippen molar-refractivity contribution in [1.82, 2.24) is 4.57 Å². The molecule has 0 aliphatic heterocycles. The maximum Gasteiger partial charge on any atom is 0.419 e. The van der Waals surface area contributed by atoms with E-state index < -0.39 is 6.10 Å². The molecule has 2 aromatic rings. The molecule has 0 aliphatic carbocycles. The van der Waals surface area contributed by atoms with Crippen molar-refractivity contribution in [3.63, 3.8) is 0 Å². The molecule has 1 aromatic carbocycles. The molecule has 0 saturated carbocycles. The lowest BCUT2D eigenvalue weighted by atomic mass is 10.1. The number of hydrogen-bond donors (Lipinski definition) is 1. The molecule has 1 aromatic heterocycles. The van der Waals surface area contributed by atoms with Crippen molar-refractivity contribution in [2.45, 2.75) is 12.5 Å². The van der Waals surface area contributed by atoms with E-state index in [2.05, 4.69) is 0 Å². The Hall–Kier alpha value is -1.20. The van der Waals surface area contributed by atoms with Crippen LogP contribution in [0, 0.1) is 0 Å². The molecule has 1 N–H and O–H groups in total. The van der Waals surface area contributed by atoms with E-state index in [1.54, 1.807) is 30.9 Å². The molecule has 1 unspecified atom stereocenters. The summed E-state index contributed by atoms with van der Waals surface area (Å²) in [7, 11) is 1.66. The van der Waals surface area contributed by atoms with Crippen LogP contribution in [0.4, 0.5) is 0 Å². The van der Waals surface area contributed by atoms with Crippen molar-refractivity contribution in [2.75, 3.05) is 12.0 Å². The van der Waals surface area contributed by atoms with Gasteiger partial charge in [0.15, 0.2) is 5.58 Å². The number of benzene rings is 1. The molecule has 0 spiro atoms. The summed E-state index contributed by atoms with van der Waals surface area (Å²) in [5.41, 5.74) is 2.09. The smallest absolute Gasteiger partial charge is 0.408 e. The maximum absolute atomic E-state index is 11.3. The summed E-state index contributed by atoms with van der Waals surface area (Å²) in [6.07, 6.45) is 2.23. The number of oxazole rings is 1. The fraction of sp³-hybridized carbons (Fsp3) is 0.417. The Balaban J connectivity index is 2.36. The van der Waals surface area contributed by atoms with Gasteiger partial charge in [0.1, 0.15) is 0 Å². The van der Waals surface area contributed by atoms with E-state index in [0.717, 1.165) is 16.8 Å². The molecule has 0 amide bonds. The molecule has 2 rings (SSSR count). The number of thioether (sulfide) groups is 1. The van der Waals surface area contributed by atoms with Crippen molar-refractivity contribution in [1.29, 1.82) is 0 Å². The highest BCUT2D eigenvalue weighted by Gasteiger charge is 2.11. The Labute approximate surface area is 103 Å². The van der Waals surface area contributed by atoms with E-state index in [9.17, 15) is 9.90 Å². The number of aliphatic hydroxyl groups is 1. The summed E-state index contributed by atoms with van der Waals surface area (Å²) < 4.78 is 6.48. The van der Waals surface area contributed by atoms with Crippen LogP contribution in [-0.2, 0) is 7.05 Å². The van der Waals surface area contributed by atoms with Gasteiger partial charge in [0.05, 0.1) is 11.6 Å². The second-order valence-corrected chi connectivity index (χ2v) is 4.94. The van der Waals surface area contributed by atoms with Gasteiger partial charge in [-0.05, 0) is 36.1 Å². The van der Waals surface area contributed by atoms with Gasteiger partial charge >= 0.3 is 5.76 Å². The van der Waals surface area contributed by atoms with Gasteiger partial charge in [0, 0.05) is 7.05 Å². The van der Waals surface area contributed by atoms with E-state index in [1.807, 2.05) is 12.3 Å². The molecular formula is C12H15NO3S. The Kier molecular flexibility index (Phi) is 3.59. The van der Waals surface area contributed by atoms with Crippen molar-refractivity contribution in [2.24, 2.45) is 7.05 Å². The largest absolute Gasteiger partial charge is 0.419 e. The maximum atomic E-state index is 11.3. The molecule has 4 nitrogen and oxygen atoms in total. The molecule has 0 fully saturated rings. The number of nitrogens with zero attached hydrogens (tertiary/aromatic N) is 1. The van der Waals surface area contributed by atoms with Crippen LogP contribution in [-0.4, -0.2) is 21.7 Å². The quantitative estimate of drug-likeness (QED) is 0.904. The zero-order valence-corrected chi connectivity index (χ0v) is 10.7. The first-order valence-corrected chi connectivity index (χ1v) is 6.79. The number of aromatic nitrogens is 1. The predicted molar refractivity (Wildman–Crippen MR) is 69.4 cm³/mol. The Morgan fingerprint density at radius 1 is 1.53 bits per heavy atom. The molecule has 0 bridgehead atoms. The SMILES string of the molecule is CSCCC(O)c1ccc2oc(=O)n(C)c2c1. The number of aryl methyl sites for hydroxylation is 1. The second kappa shape index (κ2) is 4.98. The first-order valence-electron chi connectivity index (χ1n) is 5.40. The topological polar surface area (TPSA) is 55.4 Å². The van der Waals surface area contributed by atoms with Crippen molar-refractivity contribution in [3.8, 4) is 0 Å². The minimum absolute atomic E-state index is 0.379. The lowest BCUT2D eigenvalue weighted by molar-refractivity contribution is 0.175. The van der Waals surface area contributed by atoms with Crippen LogP contribution in [0.15, 0.2) is 27.4 Å². The summed E-state index contributed by atoms with van der Waals surface area (Å²) in [6, 6.07) is 5.34. The van der Waals surface area contributed by atoms with Gasteiger partial charge in [-0.25, -0.2) is 4.79 Å². The van der Waals surface area contributed by atoms with Gasteiger partial charge in [-0.3, -0.25) is 4.57 Å². The average Bonchev–Trinajstić information content (AvgIpc) is 2.62. The molecule has 0 aliphatic rings. The number of hydrogen-bond acceptors (Lipinski definition) is 4. The highest BCUT2D eigenvalue weighted by molar-refractivity contribution is 7.98. The van der Waals surface area contributed by atoms with E-state index in [-0.39, 0.29) is 5.76 Å². The highest BCUT2D eigenvalue weighted by Crippen LogP contribution is 2.22. The third-order valence-corrected chi connectivity index (χ3v) is 3.44. The van der Waals surface area contributed by atoms with Crippen LogP contribution in [0.5, 0.6) is 0 Å². The first-order chi connectivity index (χ1) is 8.13. The van der Waals surface area contributed by atoms with Gasteiger partial charge in [-0.2, -0.15) is 11.8 Å². The third kappa shape index (κ3) is 2.40. The van der Waals surface area contributed by atoms with Crippen molar-refractivity contribution >= 4 is 22.9 Å². The number of aliphatic hydroxyl groups excluding tert-OH is 1. The fourth-order valence-electron chi connectivity index (χ4n) is 1.75. The van der Waals surface area contributed by atoms with Crippen LogP contribution < -0.4 is 5.76 Å². The Bertz CT molecular complexity index is 573. The van der Waals surface area contributed by atoms with Crippen LogP contribution in [0.2, 0.25) is 0 Å². The van der Waals surface area contributed by atoms with E-state index in [4.69, 9.17) is 4.42 Å². The fourth-order valence-corrected chi connectivity index (χ4v) is 2.21. The molecule has 0 saturated heterocycles. The summed E-state index contributed by atoms with van der Waals surface area (Å²) in [6.45, 7) is 0. The molecule has 1 atom stereocenters. The average molecular weight is 253 g/mol. The summed E-state index contributed by atoms with van der Waals surface area (Å²) in [5.74, 6) is 0.527. The normalized spacial score (nSPS) is 13.1. The van der Waals surface area contributed by atoms with Crippen LogP contribution >= 0.6 is 11.8 Å². The second-order valence-electron chi connectivity index (χ2n) is 3.95. The van der Waals surface area contributed by atoms with E-state index in [0.29, 0.717) is 12.0 Å². The standard InChI is InChI=1S/C12H15NO3S/c1-13-9-7-8(10(14)5-6-17-2)3-4-11(9)16-12(13)15/h3-4,7,10,14H,5-6H2,1-2H3. The van der Waals surface area contributed by atoms with E-state index in [1.165, 1.54) is 4.57 Å². The van der Waals surface area contributed by atoms with Crippen LogP contribution in [0.3, 0.4) is 0 Å². The van der Waals surface area contributed by atoms with Crippen molar-refractivity contribution in [3.05, 3.63) is 34.3 Å². The highest BCUT2D eigenvalue weighted by atomic mass is 32.2. The Morgan fingerprint density at radius 3 is 3.00 bits per heavy atom. The molecule has 5 heteroatoms. The van der Waals surface area contributed by atoms with E-state index >= 15 is 0 Å². The first kappa shape index (κ1) is 12.3. The summed E-state index contributed by atoms with van der Waals surface area (Å²) in [4.78, 5) is 11.3. The molecule has 92 valence electrons.